The van der Waals surface area contributed by atoms with Gasteiger partial charge in [-0.2, -0.15) is 0 Å². The minimum Gasteiger partial charge on any atom is -0.478 e. The number of nitrogens with zero attached hydrogens (tertiary/aromatic N) is 1. The van der Waals surface area contributed by atoms with Crippen molar-refractivity contribution in [2.75, 3.05) is 6.54 Å². The van der Waals surface area contributed by atoms with E-state index in [9.17, 15) is 4.79 Å². The minimum atomic E-state index is -0.862. The van der Waals surface area contributed by atoms with Gasteiger partial charge < -0.3 is 5.11 Å². The predicted molar refractivity (Wildman–Crippen MR) is 80.2 cm³/mol. The molecule has 1 aliphatic rings. The largest absolute Gasteiger partial charge is 0.478 e. The number of rotatable bonds is 3. The SMILES string of the molecule is CC1c2ccsc2CCN1Cc1cccc(C(=O)O)c1. The molecule has 2 aromatic rings. The highest BCUT2D eigenvalue weighted by atomic mass is 32.1. The Balaban J connectivity index is 1.79. The number of hydrogen-bond acceptors (Lipinski definition) is 3. The molecule has 104 valence electrons. The van der Waals surface area contributed by atoms with Gasteiger partial charge in [0.05, 0.1) is 5.56 Å². The summed E-state index contributed by atoms with van der Waals surface area (Å²) in [5.74, 6) is -0.862. The Labute approximate surface area is 122 Å². The number of thiophene rings is 1. The summed E-state index contributed by atoms with van der Waals surface area (Å²) in [6, 6.07) is 9.86. The molecule has 1 unspecified atom stereocenters. The van der Waals surface area contributed by atoms with Crippen LogP contribution in [0.2, 0.25) is 0 Å². The fraction of sp³-hybridized carbons (Fsp3) is 0.312. The van der Waals surface area contributed by atoms with Crippen LogP contribution < -0.4 is 0 Å². The van der Waals surface area contributed by atoms with Crippen molar-refractivity contribution >= 4 is 17.3 Å². The lowest BCUT2D eigenvalue weighted by atomic mass is 10.0. The van der Waals surface area contributed by atoms with Crippen LogP contribution in [0.15, 0.2) is 35.7 Å². The summed E-state index contributed by atoms with van der Waals surface area (Å²) in [6.45, 7) is 4.06. The van der Waals surface area contributed by atoms with Crippen molar-refractivity contribution in [2.45, 2.75) is 25.9 Å². The second kappa shape index (κ2) is 5.38. The molecule has 0 fully saturated rings. The summed E-state index contributed by atoms with van der Waals surface area (Å²) in [6.07, 6.45) is 1.09. The van der Waals surface area contributed by atoms with Crippen LogP contribution >= 0.6 is 11.3 Å². The Morgan fingerprint density at radius 3 is 3.10 bits per heavy atom. The van der Waals surface area contributed by atoms with Crippen LogP contribution in [0.5, 0.6) is 0 Å². The van der Waals surface area contributed by atoms with E-state index in [1.807, 2.05) is 23.5 Å². The van der Waals surface area contributed by atoms with Crippen molar-refractivity contribution in [3.8, 4) is 0 Å². The number of aromatic carboxylic acids is 1. The van der Waals surface area contributed by atoms with Crippen LogP contribution in [0.1, 0.15) is 39.3 Å². The third-order valence-electron chi connectivity index (χ3n) is 3.96. The maximum absolute atomic E-state index is 11.0. The molecule has 2 heterocycles. The van der Waals surface area contributed by atoms with Crippen molar-refractivity contribution in [1.82, 2.24) is 4.90 Å². The maximum atomic E-state index is 11.0. The summed E-state index contributed by atoms with van der Waals surface area (Å²) < 4.78 is 0. The Morgan fingerprint density at radius 1 is 1.45 bits per heavy atom. The van der Waals surface area contributed by atoms with Crippen LogP contribution in [0.3, 0.4) is 0 Å². The first-order valence-corrected chi connectivity index (χ1v) is 7.65. The molecule has 0 bridgehead atoms. The molecule has 1 atom stereocenters. The van der Waals surface area contributed by atoms with Crippen molar-refractivity contribution in [1.29, 1.82) is 0 Å². The van der Waals surface area contributed by atoms with Crippen LogP contribution in [-0.2, 0) is 13.0 Å². The smallest absolute Gasteiger partial charge is 0.335 e. The van der Waals surface area contributed by atoms with Gasteiger partial charge >= 0.3 is 5.97 Å². The van der Waals surface area contributed by atoms with Gasteiger partial charge in [-0.15, -0.1) is 11.3 Å². The highest BCUT2D eigenvalue weighted by Crippen LogP contribution is 2.33. The number of carboxylic acids is 1. The molecule has 0 aliphatic carbocycles. The molecule has 1 aliphatic heterocycles. The monoisotopic (exact) mass is 287 g/mol. The van der Waals surface area contributed by atoms with Crippen molar-refractivity contribution in [2.24, 2.45) is 0 Å². The molecular weight excluding hydrogens is 270 g/mol. The highest BCUT2D eigenvalue weighted by Gasteiger charge is 2.24. The Hall–Kier alpha value is -1.65. The third-order valence-corrected chi connectivity index (χ3v) is 4.96. The number of carbonyl (C=O) groups is 1. The second-order valence-electron chi connectivity index (χ2n) is 5.20. The average Bonchev–Trinajstić information content (AvgIpc) is 2.91. The predicted octanol–water partition coefficient (Wildman–Crippen LogP) is 3.57. The molecule has 3 rings (SSSR count). The van der Waals surface area contributed by atoms with E-state index < -0.39 is 5.97 Å². The van der Waals surface area contributed by atoms with Gasteiger partial charge in [-0.3, -0.25) is 4.90 Å². The van der Waals surface area contributed by atoms with E-state index >= 15 is 0 Å². The van der Waals surface area contributed by atoms with Crippen LogP contribution in [0.4, 0.5) is 0 Å². The van der Waals surface area contributed by atoms with E-state index in [1.54, 1.807) is 12.1 Å². The highest BCUT2D eigenvalue weighted by molar-refractivity contribution is 7.10. The van der Waals surface area contributed by atoms with Gasteiger partial charge in [-0.05, 0) is 48.1 Å². The van der Waals surface area contributed by atoms with E-state index in [2.05, 4.69) is 23.3 Å². The topological polar surface area (TPSA) is 40.5 Å². The maximum Gasteiger partial charge on any atom is 0.335 e. The van der Waals surface area contributed by atoms with Crippen LogP contribution in [0.25, 0.3) is 0 Å². The average molecular weight is 287 g/mol. The summed E-state index contributed by atoms with van der Waals surface area (Å²) >= 11 is 1.84. The Morgan fingerprint density at radius 2 is 2.30 bits per heavy atom. The molecule has 0 radical (unpaired) electrons. The van der Waals surface area contributed by atoms with Crippen LogP contribution in [0, 0.1) is 0 Å². The molecule has 0 saturated heterocycles. The molecule has 20 heavy (non-hydrogen) atoms. The summed E-state index contributed by atoms with van der Waals surface area (Å²) in [7, 11) is 0. The lowest BCUT2D eigenvalue weighted by molar-refractivity contribution is 0.0696. The summed E-state index contributed by atoms with van der Waals surface area (Å²) in [4.78, 5) is 14.9. The van der Waals surface area contributed by atoms with Gasteiger partial charge in [0.2, 0.25) is 0 Å². The first-order valence-electron chi connectivity index (χ1n) is 6.77. The molecule has 0 spiro atoms. The fourth-order valence-electron chi connectivity index (χ4n) is 2.81. The first-order chi connectivity index (χ1) is 9.65. The lowest BCUT2D eigenvalue weighted by Gasteiger charge is -2.33. The van der Waals surface area contributed by atoms with E-state index in [4.69, 9.17) is 5.11 Å². The molecule has 4 heteroatoms. The van der Waals surface area contributed by atoms with E-state index in [0.717, 1.165) is 25.1 Å². The van der Waals surface area contributed by atoms with Gasteiger partial charge in [-0.1, -0.05) is 12.1 Å². The van der Waals surface area contributed by atoms with Gasteiger partial charge in [0.15, 0.2) is 0 Å². The summed E-state index contributed by atoms with van der Waals surface area (Å²) in [5, 5.41) is 11.2. The molecule has 0 amide bonds. The van der Waals surface area contributed by atoms with Crippen molar-refractivity contribution in [3.05, 3.63) is 57.3 Å². The molecule has 1 aromatic heterocycles. The Kier molecular flexibility index (Phi) is 3.59. The number of fused-ring (bicyclic) bond motifs is 1. The fourth-order valence-corrected chi connectivity index (χ4v) is 3.78. The van der Waals surface area contributed by atoms with E-state index in [1.165, 1.54) is 10.4 Å². The first kappa shape index (κ1) is 13.3. The quantitative estimate of drug-likeness (QED) is 0.938. The Bertz CT molecular complexity index is 635. The van der Waals surface area contributed by atoms with E-state index in [0.29, 0.717) is 11.6 Å². The van der Waals surface area contributed by atoms with Gasteiger partial charge in [0, 0.05) is 24.0 Å². The van der Waals surface area contributed by atoms with Gasteiger partial charge in [-0.25, -0.2) is 4.79 Å². The normalized spacial score (nSPS) is 18.8. The van der Waals surface area contributed by atoms with Crippen LogP contribution in [-0.4, -0.2) is 22.5 Å². The number of benzene rings is 1. The minimum absolute atomic E-state index is 0.364. The third kappa shape index (κ3) is 2.49. The molecule has 3 nitrogen and oxygen atoms in total. The zero-order chi connectivity index (χ0) is 14.1. The standard InChI is InChI=1S/C16H17NO2S/c1-11-14-6-8-20-15(14)5-7-17(11)10-12-3-2-4-13(9-12)16(18)19/h2-4,6,8-9,11H,5,7,10H2,1H3,(H,18,19). The van der Waals surface area contributed by atoms with Gasteiger partial charge in [0.1, 0.15) is 0 Å². The zero-order valence-electron chi connectivity index (χ0n) is 11.4. The summed E-state index contributed by atoms with van der Waals surface area (Å²) in [5.41, 5.74) is 2.86. The molecule has 0 saturated carbocycles. The molecule has 1 N–H and O–H groups in total. The molecular formula is C16H17NO2S. The van der Waals surface area contributed by atoms with Gasteiger partial charge in [0.25, 0.3) is 0 Å². The number of carboxylic acid groups (broad SMARTS) is 1. The number of hydrogen-bond donors (Lipinski definition) is 1. The molecule has 1 aromatic carbocycles. The zero-order valence-corrected chi connectivity index (χ0v) is 12.2. The van der Waals surface area contributed by atoms with Crippen molar-refractivity contribution in [3.63, 3.8) is 0 Å². The second-order valence-corrected chi connectivity index (χ2v) is 6.20. The van der Waals surface area contributed by atoms with Crippen molar-refractivity contribution < 1.29 is 9.90 Å². The van der Waals surface area contributed by atoms with E-state index in [-0.39, 0.29) is 0 Å². The lowest BCUT2D eigenvalue weighted by Crippen LogP contribution is -2.32.